The maximum atomic E-state index is 12.6. The van der Waals surface area contributed by atoms with E-state index >= 15 is 0 Å². The number of rotatable bonds is 2. The summed E-state index contributed by atoms with van der Waals surface area (Å²) in [5, 5.41) is 3.24. The number of amidine groups is 1. The van der Waals surface area contributed by atoms with Gasteiger partial charge >= 0.3 is 0 Å². The lowest BCUT2D eigenvalue weighted by molar-refractivity contribution is -0.130. The van der Waals surface area contributed by atoms with Crippen molar-refractivity contribution in [3.63, 3.8) is 0 Å². The van der Waals surface area contributed by atoms with Crippen LogP contribution in [0.1, 0.15) is 45.6 Å². The zero-order chi connectivity index (χ0) is 22.5. The maximum absolute atomic E-state index is 12.6. The number of ether oxygens (including phenoxy) is 2. The summed E-state index contributed by atoms with van der Waals surface area (Å²) in [6, 6.07) is 6.36. The van der Waals surface area contributed by atoms with Crippen LogP contribution in [0.25, 0.3) is 11.1 Å². The first kappa shape index (κ1) is 20.7. The zero-order valence-corrected chi connectivity index (χ0v) is 18.7. The summed E-state index contributed by atoms with van der Waals surface area (Å²) < 4.78 is 12.2. The molecule has 3 N–H and O–H groups in total. The molecular weight excluding hydrogens is 406 g/mol. The van der Waals surface area contributed by atoms with Crippen LogP contribution in [0.5, 0.6) is 5.75 Å². The number of hydrogen-bond acceptors (Lipinski definition) is 7. The molecule has 1 spiro atoms. The van der Waals surface area contributed by atoms with Gasteiger partial charge in [0.25, 0.3) is 6.02 Å². The molecule has 0 radical (unpaired) electrons. The first-order valence-corrected chi connectivity index (χ1v) is 11.1. The van der Waals surface area contributed by atoms with Crippen molar-refractivity contribution in [3.8, 4) is 16.9 Å². The van der Waals surface area contributed by atoms with E-state index in [-0.39, 0.29) is 30.0 Å². The Morgan fingerprint density at radius 1 is 1.19 bits per heavy atom. The van der Waals surface area contributed by atoms with Gasteiger partial charge in [-0.05, 0) is 37.0 Å². The molecule has 1 aliphatic carbocycles. The van der Waals surface area contributed by atoms with Crippen LogP contribution >= 0.6 is 0 Å². The summed E-state index contributed by atoms with van der Waals surface area (Å²) in [6.45, 7) is 6.16. The normalized spacial score (nSPS) is 28.7. The van der Waals surface area contributed by atoms with Crippen molar-refractivity contribution in [2.24, 2.45) is 22.1 Å². The van der Waals surface area contributed by atoms with Crippen molar-refractivity contribution >= 4 is 11.9 Å². The predicted molar refractivity (Wildman–Crippen MR) is 120 cm³/mol. The van der Waals surface area contributed by atoms with E-state index in [9.17, 15) is 4.79 Å². The van der Waals surface area contributed by atoms with Crippen LogP contribution in [0.15, 0.2) is 41.9 Å². The number of aromatic nitrogens is 2. The summed E-state index contributed by atoms with van der Waals surface area (Å²) in [7, 11) is 0. The van der Waals surface area contributed by atoms with Crippen LogP contribution in [0.2, 0.25) is 0 Å². The van der Waals surface area contributed by atoms with Crippen molar-refractivity contribution in [1.82, 2.24) is 15.3 Å². The highest BCUT2D eigenvalue weighted by atomic mass is 16.5. The molecule has 1 fully saturated rings. The van der Waals surface area contributed by atoms with E-state index in [1.807, 2.05) is 32.9 Å². The van der Waals surface area contributed by atoms with Crippen molar-refractivity contribution in [2.45, 2.75) is 57.7 Å². The Morgan fingerprint density at radius 2 is 1.97 bits per heavy atom. The molecule has 3 heterocycles. The number of nitrogens with zero attached hydrogens (tertiary/aromatic N) is 3. The molecule has 8 heteroatoms. The second kappa shape index (κ2) is 7.46. The second-order valence-corrected chi connectivity index (χ2v) is 10.00. The highest BCUT2D eigenvalue weighted by molar-refractivity contribution is 5.81. The fourth-order valence-electron chi connectivity index (χ4n) is 5.05. The quantitative estimate of drug-likeness (QED) is 0.750. The molecule has 4 atom stereocenters. The molecule has 2 aromatic rings. The lowest BCUT2D eigenvalue weighted by atomic mass is 9.67. The summed E-state index contributed by atoms with van der Waals surface area (Å²) >= 11 is 0. The summed E-state index contributed by atoms with van der Waals surface area (Å²) in [4.78, 5) is 25.8. The monoisotopic (exact) mass is 435 g/mol. The Morgan fingerprint density at radius 3 is 2.66 bits per heavy atom. The molecule has 1 amide bonds. The van der Waals surface area contributed by atoms with Crippen LogP contribution in [0, 0.1) is 11.3 Å². The fraction of sp³-hybridized carbons (Fsp3) is 0.500. The molecule has 3 aliphatic rings. The molecule has 8 nitrogen and oxygen atoms in total. The maximum Gasteiger partial charge on any atom is 0.283 e. The summed E-state index contributed by atoms with van der Waals surface area (Å²) in [5.74, 6) is 0.910. The Labute approximate surface area is 187 Å². The van der Waals surface area contributed by atoms with Gasteiger partial charge in [0.2, 0.25) is 5.91 Å². The van der Waals surface area contributed by atoms with Gasteiger partial charge in [0.05, 0.1) is 0 Å². The van der Waals surface area contributed by atoms with Gasteiger partial charge in [-0.1, -0.05) is 26.8 Å². The number of carbonyl (C=O) groups is 1. The number of amides is 1. The first-order chi connectivity index (χ1) is 15.3. The molecule has 2 aliphatic heterocycles. The molecule has 168 valence electrons. The predicted octanol–water partition coefficient (Wildman–Crippen LogP) is 2.78. The number of hydrogen-bond donors (Lipinski definition) is 2. The third-order valence-electron chi connectivity index (χ3n) is 6.78. The number of carbonyl (C=O) groups excluding carboxylic acids is 1. The number of aliphatic imine (C=N–C) groups is 1. The lowest BCUT2D eigenvalue weighted by Gasteiger charge is -2.48. The minimum absolute atomic E-state index is 0.00514. The van der Waals surface area contributed by atoms with E-state index in [1.165, 1.54) is 6.33 Å². The Bertz CT molecular complexity index is 1070. The fourth-order valence-corrected chi connectivity index (χ4v) is 5.05. The standard InChI is InChI=1S/C24H29N5O3/c1-23(2,3)21(30)28-16-5-7-20-18(9-16)24(12-31-22(25)29-24)17-8-14(4-6-19(17)32-20)15-10-26-13-27-11-15/h4,6,8,10-11,13,16,18,20H,5,7,9,12H2,1-3H3,(H2,25,29)(H,28,30)/t16-,18-,20-,24?/m0/s1. The van der Waals surface area contributed by atoms with Crippen LogP contribution in [0.4, 0.5) is 0 Å². The molecule has 0 saturated heterocycles. The van der Waals surface area contributed by atoms with Crippen LogP contribution in [-0.4, -0.2) is 40.6 Å². The second-order valence-electron chi connectivity index (χ2n) is 10.00. The Balaban J connectivity index is 1.52. The van der Waals surface area contributed by atoms with E-state index in [1.54, 1.807) is 12.4 Å². The van der Waals surface area contributed by atoms with E-state index in [2.05, 4.69) is 21.4 Å². The van der Waals surface area contributed by atoms with Gasteiger partial charge in [0.1, 0.15) is 30.3 Å². The molecule has 5 rings (SSSR count). The SMILES string of the molecule is CC(C)(C)C(=O)N[C@H]1CC[C@@H]2Oc3ccc(-c4cncnc4)cc3C3(COC(N)=N3)[C@H]2C1. The van der Waals surface area contributed by atoms with Gasteiger partial charge in [-0.2, -0.15) is 0 Å². The van der Waals surface area contributed by atoms with E-state index in [4.69, 9.17) is 20.2 Å². The zero-order valence-electron chi connectivity index (χ0n) is 18.7. The van der Waals surface area contributed by atoms with Gasteiger partial charge in [0, 0.05) is 40.9 Å². The highest BCUT2D eigenvalue weighted by Crippen LogP contribution is 2.53. The third kappa shape index (κ3) is 3.47. The first-order valence-electron chi connectivity index (χ1n) is 11.1. The van der Waals surface area contributed by atoms with Gasteiger partial charge in [0.15, 0.2) is 0 Å². The van der Waals surface area contributed by atoms with Crippen LogP contribution < -0.4 is 15.8 Å². The average molecular weight is 436 g/mol. The molecule has 1 aromatic carbocycles. The van der Waals surface area contributed by atoms with Gasteiger partial charge in [-0.15, -0.1) is 0 Å². The van der Waals surface area contributed by atoms with E-state index in [0.717, 1.165) is 41.7 Å². The topological polar surface area (TPSA) is 112 Å². The van der Waals surface area contributed by atoms with Crippen LogP contribution in [0.3, 0.4) is 0 Å². The van der Waals surface area contributed by atoms with Crippen molar-refractivity contribution < 1.29 is 14.3 Å². The third-order valence-corrected chi connectivity index (χ3v) is 6.78. The minimum Gasteiger partial charge on any atom is -0.490 e. The molecule has 1 saturated carbocycles. The molecular formula is C24H29N5O3. The van der Waals surface area contributed by atoms with Gasteiger partial charge in [-0.3, -0.25) is 4.79 Å². The number of benzene rings is 1. The van der Waals surface area contributed by atoms with Crippen molar-refractivity contribution in [1.29, 1.82) is 0 Å². The minimum atomic E-state index is -0.640. The van der Waals surface area contributed by atoms with E-state index in [0.29, 0.717) is 6.61 Å². The highest BCUT2D eigenvalue weighted by Gasteiger charge is 2.55. The van der Waals surface area contributed by atoms with Crippen molar-refractivity contribution in [3.05, 3.63) is 42.5 Å². The number of nitrogens with one attached hydrogen (secondary N) is 1. The molecule has 32 heavy (non-hydrogen) atoms. The number of fused-ring (bicyclic) bond motifs is 4. The number of nitrogens with two attached hydrogens (primary N) is 1. The average Bonchev–Trinajstić information content (AvgIpc) is 3.16. The molecule has 1 aromatic heterocycles. The van der Waals surface area contributed by atoms with Crippen LogP contribution in [-0.2, 0) is 15.1 Å². The largest absolute Gasteiger partial charge is 0.490 e. The van der Waals surface area contributed by atoms with Gasteiger partial charge < -0.3 is 20.5 Å². The lowest BCUT2D eigenvalue weighted by Crippen LogP contribution is -2.55. The van der Waals surface area contributed by atoms with Gasteiger partial charge in [-0.25, -0.2) is 15.0 Å². The smallest absolute Gasteiger partial charge is 0.283 e. The van der Waals surface area contributed by atoms with Crippen molar-refractivity contribution in [2.75, 3.05) is 6.61 Å². The molecule has 1 unspecified atom stereocenters. The Kier molecular flexibility index (Phi) is 4.83. The Hall–Kier alpha value is -3.16. The molecule has 0 bridgehead atoms. The van der Waals surface area contributed by atoms with E-state index < -0.39 is 11.0 Å². The summed E-state index contributed by atoms with van der Waals surface area (Å²) in [5.41, 5.74) is 7.83. The summed E-state index contributed by atoms with van der Waals surface area (Å²) in [6.07, 6.45) is 7.55.